The van der Waals surface area contributed by atoms with Crippen LogP contribution >= 0.6 is 0 Å². The van der Waals surface area contributed by atoms with Gasteiger partial charge in [0.2, 0.25) is 0 Å². The van der Waals surface area contributed by atoms with Gasteiger partial charge in [0.15, 0.2) is 0 Å². The van der Waals surface area contributed by atoms with Gasteiger partial charge < -0.3 is 25.3 Å². The number of anilines is 3. The monoisotopic (exact) mass is 364 g/mol. The Morgan fingerprint density at radius 1 is 0.704 bits per heavy atom. The molecule has 27 heavy (non-hydrogen) atoms. The van der Waals surface area contributed by atoms with E-state index in [2.05, 4.69) is 5.32 Å². The normalized spacial score (nSPS) is 10.3. The first-order chi connectivity index (χ1) is 13.1. The summed E-state index contributed by atoms with van der Waals surface area (Å²) >= 11 is 0. The van der Waals surface area contributed by atoms with Crippen LogP contribution in [0.4, 0.5) is 17.1 Å². The van der Waals surface area contributed by atoms with E-state index in [0.717, 1.165) is 45.4 Å². The fraction of sp³-hybridized carbons (Fsp3) is 0.182. The van der Waals surface area contributed by atoms with Gasteiger partial charge in [-0.05, 0) is 59.7 Å². The molecule has 0 bridgehead atoms. The van der Waals surface area contributed by atoms with E-state index in [1.807, 2.05) is 60.7 Å². The van der Waals surface area contributed by atoms with Crippen LogP contribution in [-0.2, 0) is 6.42 Å². The van der Waals surface area contributed by atoms with Crippen molar-refractivity contribution in [2.45, 2.75) is 6.42 Å². The van der Waals surface area contributed by atoms with Gasteiger partial charge >= 0.3 is 0 Å². The summed E-state index contributed by atoms with van der Waals surface area (Å²) in [5, 5.41) is 3.46. The molecule has 0 amide bonds. The van der Waals surface area contributed by atoms with Gasteiger partial charge in [0.05, 0.1) is 21.3 Å². The summed E-state index contributed by atoms with van der Waals surface area (Å²) in [5.41, 5.74) is 10.9. The molecule has 5 heteroatoms. The molecule has 3 rings (SSSR count). The second kappa shape index (κ2) is 8.36. The largest absolute Gasteiger partial charge is 0.497 e. The molecule has 0 saturated heterocycles. The van der Waals surface area contributed by atoms with Crippen molar-refractivity contribution >= 4 is 17.1 Å². The molecular weight excluding hydrogens is 340 g/mol. The molecule has 0 fully saturated rings. The fourth-order valence-corrected chi connectivity index (χ4v) is 2.85. The van der Waals surface area contributed by atoms with Crippen molar-refractivity contribution in [1.82, 2.24) is 0 Å². The highest BCUT2D eigenvalue weighted by atomic mass is 16.5. The van der Waals surface area contributed by atoms with Gasteiger partial charge in [-0.25, -0.2) is 0 Å². The van der Waals surface area contributed by atoms with Crippen LogP contribution in [0, 0.1) is 0 Å². The third kappa shape index (κ3) is 4.44. The first-order valence-electron chi connectivity index (χ1n) is 8.63. The van der Waals surface area contributed by atoms with E-state index in [4.69, 9.17) is 19.9 Å². The molecule has 140 valence electrons. The number of ether oxygens (including phenoxy) is 3. The van der Waals surface area contributed by atoms with Crippen LogP contribution in [0.5, 0.6) is 17.2 Å². The van der Waals surface area contributed by atoms with Crippen LogP contribution in [0.15, 0.2) is 60.7 Å². The molecule has 0 unspecified atom stereocenters. The van der Waals surface area contributed by atoms with Crippen molar-refractivity contribution in [2.24, 2.45) is 0 Å². The minimum Gasteiger partial charge on any atom is -0.497 e. The lowest BCUT2D eigenvalue weighted by Gasteiger charge is -2.15. The molecule has 0 radical (unpaired) electrons. The van der Waals surface area contributed by atoms with Crippen LogP contribution in [0.1, 0.15) is 11.1 Å². The van der Waals surface area contributed by atoms with E-state index in [9.17, 15) is 0 Å². The second-order valence-corrected chi connectivity index (χ2v) is 6.12. The number of nitrogens with two attached hydrogens (primary N) is 1. The molecular formula is C22H24N2O3. The Hall–Kier alpha value is -3.34. The Kier molecular flexibility index (Phi) is 5.71. The highest BCUT2D eigenvalue weighted by Gasteiger charge is 2.10. The molecule has 0 saturated carbocycles. The maximum Gasteiger partial charge on any atom is 0.120 e. The Bertz CT molecular complexity index is 908. The summed E-state index contributed by atoms with van der Waals surface area (Å²) < 4.78 is 15.9. The summed E-state index contributed by atoms with van der Waals surface area (Å²) in [6, 6.07) is 19.5. The Balaban J connectivity index is 1.92. The van der Waals surface area contributed by atoms with Gasteiger partial charge in [-0.1, -0.05) is 6.07 Å². The zero-order valence-corrected chi connectivity index (χ0v) is 15.8. The lowest BCUT2D eigenvalue weighted by atomic mass is 10.0. The topological polar surface area (TPSA) is 65.7 Å². The standard InChI is InChI=1S/C22H24N2O3/c1-25-18-8-5-17(6-9-18)24-22-14-20(27-3)7-4-15(22)12-16-13-19(26-2)10-11-21(16)23/h4-11,13-14,24H,12,23H2,1-3H3. The lowest BCUT2D eigenvalue weighted by molar-refractivity contribution is 0.414. The number of hydrogen-bond acceptors (Lipinski definition) is 5. The maximum atomic E-state index is 6.17. The Morgan fingerprint density at radius 3 is 1.96 bits per heavy atom. The van der Waals surface area contributed by atoms with Gasteiger partial charge in [-0.15, -0.1) is 0 Å². The number of benzene rings is 3. The van der Waals surface area contributed by atoms with Crippen molar-refractivity contribution in [3.8, 4) is 17.2 Å². The number of hydrogen-bond donors (Lipinski definition) is 2. The van der Waals surface area contributed by atoms with Crippen LogP contribution in [0.3, 0.4) is 0 Å². The van der Waals surface area contributed by atoms with Crippen molar-refractivity contribution in [3.63, 3.8) is 0 Å². The molecule has 0 aliphatic heterocycles. The van der Waals surface area contributed by atoms with Gasteiger partial charge in [0, 0.05) is 29.5 Å². The SMILES string of the molecule is COc1ccc(Nc2cc(OC)ccc2Cc2cc(OC)ccc2N)cc1. The van der Waals surface area contributed by atoms with Crippen molar-refractivity contribution < 1.29 is 14.2 Å². The van der Waals surface area contributed by atoms with E-state index in [1.54, 1.807) is 21.3 Å². The lowest BCUT2D eigenvalue weighted by Crippen LogP contribution is -2.01. The third-order valence-electron chi connectivity index (χ3n) is 4.42. The Morgan fingerprint density at radius 2 is 1.30 bits per heavy atom. The Labute approximate surface area is 159 Å². The van der Waals surface area contributed by atoms with Crippen LogP contribution in [0.2, 0.25) is 0 Å². The molecule has 5 nitrogen and oxygen atoms in total. The molecule has 0 heterocycles. The van der Waals surface area contributed by atoms with Crippen molar-refractivity contribution in [3.05, 3.63) is 71.8 Å². The minimum atomic E-state index is 0.672. The molecule has 0 spiro atoms. The summed E-state index contributed by atoms with van der Waals surface area (Å²) in [6.45, 7) is 0. The molecule has 3 N–H and O–H groups in total. The highest BCUT2D eigenvalue weighted by Crippen LogP contribution is 2.30. The van der Waals surface area contributed by atoms with Gasteiger partial charge in [-0.3, -0.25) is 0 Å². The summed E-state index contributed by atoms with van der Waals surface area (Å²) in [4.78, 5) is 0. The van der Waals surface area contributed by atoms with Gasteiger partial charge in [-0.2, -0.15) is 0 Å². The number of methoxy groups -OCH3 is 3. The van der Waals surface area contributed by atoms with Crippen molar-refractivity contribution in [1.29, 1.82) is 0 Å². The highest BCUT2D eigenvalue weighted by molar-refractivity contribution is 5.67. The zero-order valence-electron chi connectivity index (χ0n) is 15.8. The van der Waals surface area contributed by atoms with E-state index in [0.29, 0.717) is 6.42 Å². The third-order valence-corrected chi connectivity index (χ3v) is 4.42. The van der Waals surface area contributed by atoms with Crippen LogP contribution in [-0.4, -0.2) is 21.3 Å². The molecule has 0 atom stereocenters. The van der Waals surface area contributed by atoms with Crippen LogP contribution < -0.4 is 25.3 Å². The van der Waals surface area contributed by atoms with E-state index in [1.165, 1.54) is 0 Å². The molecule has 0 aliphatic carbocycles. The van der Waals surface area contributed by atoms with E-state index >= 15 is 0 Å². The first kappa shape index (κ1) is 18.5. The van der Waals surface area contributed by atoms with Crippen LogP contribution in [0.25, 0.3) is 0 Å². The van der Waals surface area contributed by atoms with Gasteiger partial charge in [0.25, 0.3) is 0 Å². The predicted molar refractivity (Wildman–Crippen MR) is 109 cm³/mol. The van der Waals surface area contributed by atoms with E-state index < -0.39 is 0 Å². The summed E-state index contributed by atoms with van der Waals surface area (Å²) in [7, 11) is 4.96. The average Bonchev–Trinajstić information content (AvgIpc) is 2.71. The first-order valence-corrected chi connectivity index (χ1v) is 8.63. The second-order valence-electron chi connectivity index (χ2n) is 6.12. The molecule has 3 aromatic rings. The maximum absolute atomic E-state index is 6.17. The quantitative estimate of drug-likeness (QED) is 0.599. The summed E-state index contributed by atoms with van der Waals surface area (Å²) in [5.74, 6) is 2.39. The minimum absolute atomic E-state index is 0.672. The zero-order chi connectivity index (χ0) is 19.2. The smallest absolute Gasteiger partial charge is 0.120 e. The van der Waals surface area contributed by atoms with Crippen molar-refractivity contribution in [2.75, 3.05) is 32.4 Å². The predicted octanol–water partition coefficient (Wildman–Crippen LogP) is 4.63. The number of nitrogen functional groups attached to an aromatic ring is 1. The average molecular weight is 364 g/mol. The molecule has 0 aliphatic rings. The summed E-state index contributed by atoms with van der Waals surface area (Å²) in [6.07, 6.45) is 0.672. The fourth-order valence-electron chi connectivity index (χ4n) is 2.85. The van der Waals surface area contributed by atoms with Gasteiger partial charge in [0.1, 0.15) is 17.2 Å². The number of rotatable bonds is 7. The molecule has 3 aromatic carbocycles. The molecule has 0 aromatic heterocycles. The number of nitrogens with one attached hydrogen (secondary N) is 1. The van der Waals surface area contributed by atoms with E-state index in [-0.39, 0.29) is 0 Å².